The first-order valence-electron chi connectivity index (χ1n) is 9.28. The van der Waals surface area contributed by atoms with Crippen molar-refractivity contribution in [3.63, 3.8) is 0 Å². The van der Waals surface area contributed by atoms with Gasteiger partial charge in [-0.15, -0.1) is 0 Å². The third-order valence-electron chi connectivity index (χ3n) is 4.66. The third kappa shape index (κ3) is 5.32. The molecule has 0 spiro atoms. The van der Waals surface area contributed by atoms with Crippen LogP contribution in [-0.2, 0) is 26.7 Å². The molecule has 0 saturated carbocycles. The molecule has 4 N–H and O–H groups in total. The monoisotopic (exact) mass is 491 g/mol. The number of ether oxygens (including phenoxy) is 2. The Hall–Kier alpha value is -3.97. The summed E-state index contributed by atoms with van der Waals surface area (Å²) in [6.45, 7) is 0. The lowest BCUT2D eigenvalue weighted by Crippen LogP contribution is -2.42. The van der Waals surface area contributed by atoms with Crippen molar-refractivity contribution in [2.45, 2.75) is 24.8 Å². The van der Waals surface area contributed by atoms with E-state index >= 15 is 0 Å². The van der Waals surface area contributed by atoms with Crippen molar-refractivity contribution in [2.75, 3.05) is 18.2 Å². The Kier molecular flexibility index (Phi) is 6.35. The normalized spacial score (nSPS) is 16.1. The number of benzene rings is 2. The summed E-state index contributed by atoms with van der Waals surface area (Å²) in [4.78, 5) is 36.3. The maximum Gasteiger partial charge on any atom is 0.416 e. The van der Waals surface area contributed by atoms with E-state index in [9.17, 15) is 40.7 Å². The van der Waals surface area contributed by atoms with Gasteiger partial charge in [0, 0.05) is 0 Å². The van der Waals surface area contributed by atoms with Gasteiger partial charge < -0.3 is 25.8 Å². The maximum absolute atomic E-state index is 13.1. The van der Waals surface area contributed by atoms with Gasteiger partial charge in [-0.3, -0.25) is 14.4 Å². The van der Waals surface area contributed by atoms with Crippen LogP contribution >= 0.6 is 0 Å². The van der Waals surface area contributed by atoms with Gasteiger partial charge in [-0.25, -0.2) is 0 Å². The molecule has 1 aliphatic heterocycles. The Morgan fingerprint density at radius 2 is 1.59 bits per heavy atom. The lowest BCUT2D eigenvalue weighted by Gasteiger charge is -2.16. The van der Waals surface area contributed by atoms with Gasteiger partial charge in [-0.1, -0.05) is 0 Å². The van der Waals surface area contributed by atoms with Crippen LogP contribution in [0.2, 0.25) is 0 Å². The minimum Gasteiger partial charge on any atom is -0.469 e. The minimum absolute atomic E-state index is 0.0718. The summed E-state index contributed by atoms with van der Waals surface area (Å²) in [5.41, 5.74) is 1.90. The number of nitrogens with one attached hydrogen (secondary N) is 2. The Balaban J connectivity index is 1.99. The zero-order valence-electron chi connectivity index (χ0n) is 17.1. The number of fused-ring (bicyclic) bond motifs is 1. The van der Waals surface area contributed by atoms with E-state index in [-0.39, 0.29) is 23.0 Å². The first kappa shape index (κ1) is 24.7. The van der Waals surface area contributed by atoms with E-state index in [0.29, 0.717) is 12.1 Å². The molecular weight excluding hydrogens is 476 g/mol. The Morgan fingerprint density at radius 3 is 2.12 bits per heavy atom. The van der Waals surface area contributed by atoms with Gasteiger partial charge in [0.2, 0.25) is 5.91 Å². The van der Waals surface area contributed by atoms with Crippen LogP contribution < -0.4 is 21.1 Å². The smallest absolute Gasteiger partial charge is 0.416 e. The molecule has 0 radical (unpaired) electrons. The van der Waals surface area contributed by atoms with Crippen LogP contribution in [0, 0.1) is 0 Å². The summed E-state index contributed by atoms with van der Waals surface area (Å²) in [7, 11) is 1.08. The molecule has 0 unspecified atom stereocenters. The van der Waals surface area contributed by atoms with Crippen LogP contribution in [0.4, 0.5) is 37.7 Å². The van der Waals surface area contributed by atoms with Crippen LogP contribution in [0.25, 0.3) is 0 Å². The van der Waals surface area contributed by atoms with E-state index in [4.69, 9.17) is 10.5 Å². The lowest BCUT2D eigenvalue weighted by atomic mass is 10.1. The number of carbonyl (C=O) groups is 3. The molecule has 182 valence electrons. The molecule has 1 heterocycles. The number of rotatable bonds is 4. The van der Waals surface area contributed by atoms with Gasteiger partial charge in [0.05, 0.1) is 41.6 Å². The Bertz CT molecular complexity index is 1130. The molecule has 0 fully saturated rings. The maximum atomic E-state index is 13.1. The first-order chi connectivity index (χ1) is 15.7. The van der Waals surface area contributed by atoms with Crippen LogP contribution in [-0.4, -0.2) is 30.9 Å². The molecule has 3 rings (SSSR count). The highest BCUT2D eigenvalue weighted by Gasteiger charge is 2.37. The van der Waals surface area contributed by atoms with Gasteiger partial charge in [0.1, 0.15) is 11.8 Å². The molecule has 2 aromatic carbocycles. The van der Waals surface area contributed by atoms with Crippen molar-refractivity contribution >= 4 is 29.2 Å². The highest BCUT2D eigenvalue weighted by atomic mass is 19.4. The van der Waals surface area contributed by atoms with E-state index in [1.54, 1.807) is 0 Å². The number of halogens is 6. The molecule has 14 heteroatoms. The molecule has 2 aromatic rings. The number of esters is 1. The Morgan fingerprint density at radius 1 is 1.00 bits per heavy atom. The van der Waals surface area contributed by atoms with Crippen molar-refractivity contribution in [1.29, 1.82) is 0 Å². The van der Waals surface area contributed by atoms with Crippen molar-refractivity contribution in [2.24, 2.45) is 0 Å². The molecule has 2 amide bonds. The standard InChI is InChI=1S/C20H15F6N3O5/c1-33-16(30)7-14-18(32)28-13-6-12(27)15(5-11(13)17(31)29-14)34-10-3-8(19(21,22)23)2-9(4-10)20(24,25)26/h2-6,14H,7,27H2,1H3,(H,28,32)(H,29,31)/t14-/m0/s1. The second-order valence-corrected chi connectivity index (χ2v) is 7.07. The fourth-order valence-electron chi connectivity index (χ4n) is 3.00. The SMILES string of the molecule is COC(=O)C[C@@H]1NC(=O)c2cc(Oc3cc(C(F)(F)F)cc(C(F)(F)F)c3)c(N)cc2NC1=O. The molecular formula is C20H15F6N3O5. The molecule has 1 aliphatic rings. The molecule has 0 bridgehead atoms. The molecule has 34 heavy (non-hydrogen) atoms. The highest BCUT2D eigenvalue weighted by molar-refractivity contribution is 6.11. The van der Waals surface area contributed by atoms with Gasteiger partial charge in [-0.2, -0.15) is 26.3 Å². The zero-order valence-corrected chi connectivity index (χ0v) is 17.1. The average Bonchev–Trinajstić information content (AvgIpc) is 2.83. The fourth-order valence-corrected chi connectivity index (χ4v) is 3.00. The van der Waals surface area contributed by atoms with Gasteiger partial charge in [0.25, 0.3) is 5.91 Å². The third-order valence-corrected chi connectivity index (χ3v) is 4.66. The summed E-state index contributed by atoms with van der Waals surface area (Å²) in [5, 5.41) is 4.63. The number of carbonyl (C=O) groups excluding carboxylic acids is 3. The minimum atomic E-state index is -5.10. The van der Waals surface area contributed by atoms with Crippen molar-refractivity contribution in [3.8, 4) is 11.5 Å². The average molecular weight is 491 g/mol. The van der Waals surface area contributed by atoms with E-state index in [1.807, 2.05) is 0 Å². The number of alkyl halides is 6. The number of hydrogen-bond acceptors (Lipinski definition) is 6. The number of hydrogen-bond donors (Lipinski definition) is 3. The Labute approximate surface area is 187 Å². The quantitative estimate of drug-likeness (QED) is 0.341. The highest BCUT2D eigenvalue weighted by Crippen LogP contribution is 2.40. The lowest BCUT2D eigenvalue weighted by molar-refractivity contribution is -0.143. The molecule has 8 nitrogen and oxygen atoms in total. The van der Waals surface area contributed by atoms with Crippen LogP contribution in [0.5, 0.6) is 11.5 Å². The molecule has 0 aliphatic carbocycles. The number of nitrogens with two attached hydrogens (primary N) is 1. The van der Waals surface area contributed by atoms with Crippen LogP contribution in [0.15, 0.2) is 30.3 Å². The van der Waals surface area contributed by atoms with Crippen LogP contribution in [0.3, 0.4) is 0 Å². The van der Waals surface area contributed by atoms with Crippen molar-refractivity contribution in [3.05, 3.63) is 47.0 Å². The van der Waals surface area contributed by atoms with Gasteiger partial charge >= 0.3 is 18.3 Å². The van der Waals surface area contributed by atoms with Gasteiger partial charge in [0.15, 0.2) is 5.75 Å². The predicted octanol–water partition coefficient (Wildman–Crippen LogP) is 3.71. The summed E-state index contributed by atoms with van der Waals surface area (Å²) in [6, 6.07) is 1.28. The second-order valence-electron chi connectivity index (χ2n) is 7.07. The van der Waals surface area contributed by atoms with Crippen LogP contribution in [0.1, 0.15) is 27.9 Å². The van der Waals surface area contributed by atoms with E-state index in [0.717, 1.165) is 19.2 Å². The summed E-state index contributed by atoms with van der Waals surface area (Å²) in [5.74, 6) is -3.73. The number of anilines is 2. The van der Waals surface area contributed by atoms with Crippen molar-refractivity contribution in [1.82, 2.24) is 5.32 Å². The van der Waals surface area contributed by atoms with Gasteiger partial charge in [-0.05, 0) is 30.3 Å². The van der Waals surface area contributed by atoms with Crippen molar-refractivity contribution < 1.29 is 50.2 Å². The van der Waals surface area contributed by atoms with E-state index in [2.05, 4.69) is 15.4 Å². The summed E-state index contributed by atoms with van der Waals surface area (Å²) < 4.78 is 88.2. The largest absolute Gasteiger partial charge is 0.469 e. The fraction of sp³-hybridized carbons (Fsp3) is 0.250. The number of amides is 2. The predicted molar refractivity (Wildman–Crippen MR) is 104 cm³/mol. The molecule has 1 atom stereocenters. The van der Waals surface area contributed by atoms with E-state index in [1.165, 1.54) is 0 Å². The first-order valence-corrected chi connectivity index (χ1v) is 9.28. The molecule has 0 saturated heterocycles. The summed E-state index contributed by atoms with van der Waals surface area (Å²) in [6.07, 6.45) is -10.7. The second kappa shape index (κ2) is 8.76. The number of nitrogen functional groups attached to an aromatic ring is 1. The zero-order chi connectivity index (χ0) is 25.4. The topological polar surface area (TPSA) is 120 Å². The van der Waals surface area contributed by atoms with E-state index < -0.39 is 65.2 Å². The molecule has 0 aromatic heterocycles. The number of methoxy groups -OCH3 is 1. The summed E-state index contributed by atoms with van der Waals surface area (Å²) >= 11 is 0.